The molecule has 0 fully saturated rings. The van der Waals surface area contributed by atoms with Crippen molar-refractivity contribution in [3.8, 4) is 0 Å². The van der Waals surface area contributed by atoms with Crippen LogP contribution in [0.25, 0.3) is 0 Å². The van der Waals surface area contributed by atoms with Gasteiger partial charge in [-0.2, -0.15) is 0 Å². The van der Waals surface area contributed by atoms with Crippen molar-refractivity contribution in [1.82, 2.24) is 14.5 Å². The van der Waals surface area contributed by atoms with Crippen LogP contribution in [-0.4, -0.2) is 33.4 Å². The normalized spacial score (nSPS) is 13.5. The van der Waals surface area contributed by atoms with Crippen LogP contribution in [0.5, 0.6) is 0 Å². The van der Waals surface area contributed by atoms with E-state index in [-0.39, 0.29) is 24.0 Å². The van der Waals surface area contributed by atoms with Crippen molar-refractivity contribution in [3.63, 3.8) is 0 Å². The van der Waals surface area contributed by atoms with Gasteiger partial charge in [-0.25, -0.2) is 4.79 Å². The van der Waals surface area contributed by atoms with Gasteiger partial charge >= 0.3 is 5.69 Å². The number of nitrogens with one attached hydrogen (secondary N) is 1. The standard InChI is InChI=1S/C25H35N5O3/c1-3-5-16-30-23(26)22(24(32)27-25(30)33)28(17-19-12-8-6-9-13-19)18-21(31)29(4-2)20-14-10-7-11-15-20/h6,8-9,12-14H,3-5,7,10-11,15-18,26H2,1-2H3,(H,27,32,33). The monoisotopic (exact) mass is 453 g/mol. The number of anilines is 2. The number of nitrogens with two attached hydrogens (primary N) is 1. The molecule has 0 spiro atoms. The second-order valence-corrected chi connectivity index (χ2v) is 8.42. The molecule has 8 heteroatoms. The Morgan fingerprint density at radius 1 is 1.15 bits per heavy atom. The van der Waals surface area contributed by atoms with E-state index in [0.717, 1.165) is 49.8 Å². The van der Waals surface area contributed by atoms with E-state index in [4.69, 9.17) is 5.73 Å². The van der Waals surface area contributed by atoms with Gasteiger partial charge in [-0.15, -0.1) is 0 Å². The largest absolute Gasteiger partial charge is 0.383 e. The van der Waals surface area contributed by atoms with Crippen LogP contribution in [0.15, 0.2) is 51.7 Å². The van der Waals surface area contributed by atoms with Gasteiger partial charge < -0.3 is 15.5 Å². The molecule has 33 heavy (non-hydrogen) atoms. The first-order valence-corrected chi connectivity index (χ1v) is 11.9. The van der Waals surface area contributed by atoms with Crippen LogP contribution in [0.2, 0.25) is 0 Å². The summed E-state index contributed by atoms with van der Waals surface area (Å²) in [6.45, 7) is 5.26. The lowest BCUT2D eigenvalue weighted by Gasteiger charge is -2.31. The average molecular weight is 454 g/mol. The molecule has 1 amide bonds. The Balaban J connectivity index is 2.00. The summed E-state index contributed by atoms with van der Waals surface area (Å²) in [7, 11) is 0. The van der Waals surface area contributed by atoms with Crippen LogP contribution in [0, 0.1) is 0 Å². The van der Waals surface area contributed by atoms with Crippen molar-refractivity contribution < 1.29 is 4.79 Å². The van der Waals surface area contributed by atoms with E-state index >= 15 is 0 Å². The van der Waals surface area contributed by atoms with Crippen molar-refractivity contribution in [3.05, 3.63) is 68.5 Å². The highest BCUT2D eigenvalue weighted by atomic mass is 16.2. The molecule has 0 aliphatic heterocycles. The number of rotatable bonds is 10. The van der Waals surface area contributed by atoms with Gasteiger partial charge in [0.15, 0.2) is 0 Å². The quantitative estimate of drug-likeness (QED) is 0.575. The number of nitrogen functional groups attached to an aromatic ring is 1. The zero-order valence-corrected chi connectivity index (χ0v) is 19.7. The molecule has 8 nitrogen and oxygen atoms in total. The van der Waals surface area contributed by atoms with E-state index in [1.165, 1.54) is 4.57 Å². The predicted molar refractivity (Wildman–Crippen MR) is 132 cm³/mol. The van der Waals surface area contributed by atoms with Gasteiger partial charge in [-0.1, -0.05) is 49.8 Å². The Morgan fingerprint density at radius 3 is 2.55 bits per heavy atom. The highest BCUT2D eigenvalue weighted by molar-refractivity contribution is 5.84. The van der Waals surface area contributed by atoms with E-state index < -0.39 is 11.2 Å². The summed E-state index contributed by atoms with van der Waals surface area (Å²) in [6.07, 6.45) is 7.83. The number of amides is 1. The molecule has 0 saturated carbocycles. The smallest absolute Gasteiger partial charge is 0.330 e. The molecule has 3 rings (SSSR count). The highest BCUT2D eigenvalue weighted by Gasteiger charge is 2.25. The summed E-state index contributed by atoms with van der Waals surface area (Å²) >= 11 is 0. The molecule has 0 unspecified atom stereocenters. The Hall–Kier alpha value is -3.29. The van der Waals surface area contributed by atoms with E-state index in [1.807, 2.05) is 44.2 Å². The summed E-state index contributed by atoms with van der Waals surface area (Å²) in [5, 5.41) is 0. The van der Waals surface area contributed by atoms with E-state index in [9.17, 15) is 14.4 Å². The van der Waals surface area contributed by atoms with Gasteiger partial charge in [0.2, 0.25) is 5.91 Å². The zero-order chi connectivity index (χ0) is 23.8. The molecule has 3 N–H and O–H groups in total. The average Bonchev–Trinajstić information content (AvgIpc) is 2.80. The van der Waals surface area contributed by atoms with Crippen molar-refractivity contribution in [2.24, 2.45) is 0 Å². The molecule has 1 aliphatic carbocycles. The second-order valence-electron chi connectivity index (χ2n) is 8.42. The fourth-order valence-electron chi connectivity index (χ4n) is 4.29. The summed E-state index contributed by atoms with van der Waals surface area (Å²) in [5.41, 5.74) is 7.42. The maximum atomic E-state index is 13.4. The van der Waals surface area contributed by atoms with E-state index in [2.05, 4.69) is 11.1 Å². The number of nitrogens with zero attached hydrogens (tertiary/aromatic N) is 3. The summed E-state index contributed by atoms with van der Waals surface area (Å²) in [5.74, 6) is 0.00699. The number of likely N-dealkylation sites (N-methyl/N-ethyl adjacent to an activating group) is 1. The van der Waals surface area contributed by atoms with E-state index in [1.54, 1.807) is 9.80 Å². The van der Waals surface area contributed by atoms with Gasteiger partial charge in [-0.05, 0) is 44.6 Å². The molecule has 0 bridgehead atoms. The third-order valence-electron chi connectivity index (χ3n) is 6.04. The van der Waals surface area contributed by atoms with Crippen LogP contribution in [0.4, 0.5) is 11.5 Å². The Bertz CT molecular complexity index is 1090. The van der Waals surface area contributed by atoms with Gasteiger partial charge in [-0.3, -0.25) is 19.1 Å². The first kappa shape index (κ1) is 24.4. The maximum Gasteiger partial charge on any atom is 0.330 e. The van der Waals surface area contributed by atoms with Crippen LogP contribution in [0.3, 0.4) is 0 Å². The Labute approximate surface area is 194 Å². The number of carbonyl (C=O) groups is 1. The highest BCUT2D eigenvalue weighted by Crippen LogP contribution is 2.23. The van der Waals surface area contributed by atoms with Gasteiger partial charge in [0.1, 0.15) is 11.5 Å². The predicted octanol–water partition coefficient (Wildman–Crippen LogP) is 3.23. The second kappa shape index (κ2) is 11.5. The summed E-state index contributed by atoms with van der Waals surface area (Å²) in [6, 6.07) is 9.62. The van der Waals surface area contributed by atoms with Crippen molar-refractivity contribution in [2.75, 3.05) is 23.7 Å². The molecule has 178 valence electrons. The lowest BCUT2D eigenvalue weighted by atomic mass is 10.0. The third-order valence-corrected chi connectivity index (χ3v) is 6.04. The Morgan fingerprint density at radius 2 is 1.91 bits per heavy atom. The van der Waals surface area contributed by atoms with Crippen molar-refractivity contribution in [2.45, 2.75) is 65.5 Å². The van der Waals surface area contributed by atoms with Crippen LogP contribution in [-0.2, 0) is 17.9 Å². The number of unbranched alkanes of at least 4 members (excludes halogenated alkanes) is 1. The number of benzene rings is 1. The van der Waals surface area contributed by atoms with Crippen molar-refractivity contribution in [1.29, 1.82) is 0 Å². The fourth-order valence-corrected chi connectivity index (χ4v) is 4.29. The van der Waals surface area contributed by atoms with Gasteiger partial charge in [0, 0.05) is 25.3 Å². The van der Waals surface area contributed by atoms with Crippen LogP contribution in [0.1, 0.15) is 57.9 Å². The summed E-state index contributed by atoms with van der Waals surface area (Å²) in [4.78, 5) is 44.6. The molecular formula is C25H35N5O3. The number of allylic oxidation sites excluding steroid dienone is 2. The minimum atomic E-state index is -0.575. The third kappa shape index (κ3) is 5.94. The zero-order valence-electron chi connectivity index (χ0n) is 19.7. The van der Waals surface area contributed by atoms with Gasteiger partial charge in [0.05, 0.1) is 6.54 Å². The number of hydrogen-bond acceptors (Lipinski definition) is 5. The molecule has 1 aromatic heterocycles. The molecule has 0 saturated heterocycles. The lowest BCUT2D eigenvalue weighted by Crippen LogP contribution is -2.44. The van der Waals surface area contributed by atoms with Crippen LogP contribution < -0.4 is 21.9 Å². The number of aromatic nitrogens is 2. The molecule has 1 aromatic carbocycles. The SMILES string of the molecule is CCCCn1c(N)c(N(CC(=O)N(CC)C2=CCCCC2)Cc2ccccc2)c(=O)[nH]c1=O. The maximum absolute atomic E-state index is 13.4. The topological polar surface area (TPSA) is 104 Å². The van der Waals surface area contributed by atoms with E-state index in [0.29, 0.717) is 19.6 Å². The minimum absolute atomic E-state index is 0.0145. The first-order chi connectivity index (χ1) is 16.0. The molecule has 2 aromatic rings. The van der Waals surface area contributed by atoms with Gasteiger partial charge in [0.25, 0.3) is 5.56 Å². The number of hydrogen-bond donors (Lipinski definition) is 2. The summed E-state index contributed by atoms with van der Waals surface area (Å²) < 4.78 is 1.39. The molecule has 1 heterocycles. The molecule has 1 aliphatic rings. The lowest BCUT2D eigenvalue weighted by molar-refractivity contribution is -0.127. The molecular weight excluding hydrogens is 418 g/mol. The first-order valence-electron chi connectivity index (χ1n) is 11.9. The number of H-pyrrole nitrogens is 1. The molecule has 0 radical (unpaired) electrons. The minimum Gasteiger partial charge on any atom is -0.383 e. The van der Waals surface area contributed by atoms with Crippen molar-refractivity contribution >= 4 is 17.4 Å². The number of aromatic amines is 1. The number of carbonyl (C=O) groups excluding carboxylic acids is 1. The Kier molecular flexibility index (Phi) is 8.52. The fraction of sp³-hybridized carbons (Fsp3) is 0.480. The van der Waals surface area contributed by atoms with Crippen LogP contribution >= 0.6 is 0 Å². The molecule has 0 atom stereocenters.